The molecule has 4 atom stereocenters. The molecule has 0 nitrogen and oxygen atoms in total. The molecule has 5 aromatic carbocycles. The van der Waals surface area contributed by atoms with Gasteiger partial charge >= 0.3 is 0 Å². The van der Waals surface area contributed by atoms with Gasteiger partial charge in [0.25, 0.3) is 0 Å². The molecule has 276 valence electrons. The van der Waals surface area contributed by atoms with E-state index in [1.54, 1.807) is 15.9 Å². The molecule has 0 spiro atoms. The van der Waals surface area contributed by atoms with Crippen LogP contribution in [0.1, 0.15) is 87.6 Å². The molecule has 0 saturated heterocycles. The Morgan fingerprint density at radius 1 is 0.566 bits per heavy atom. The molecule has 0 amide bonds. The molecule has 2 bridgehead atoms. The molecule has 0 radical (unpaired) electrons. The molecule has 0 aromatic heterocycles. The molecule has 0 aliphatic heterocycles. The monoisotopic (exact) mass is 732 g/mol. The summed E-state index contributed by atoms with van der Waals surface area (Å²) < 4.78 is 0. The van der Waals surface area contributed by atoms with E-state index in [9.17, 15) is 0 Å². The predicted molar refractivity (Wildman–Crippen MR) is 241 cm³/mol. The van der Waals surface area contributed by atoms with Crippen molar-refractivity contribution in [2.75, 3.05) is 0 Å². The summed E-state index contributed by atoms with van der Waals surface area (Å²) in [6.45, 7) is 30.4. The first-order valence-corrected chi connectivity index (χ1v) is 26.4. The van der Waals surface area contributed by atoms with Crippen molar-refractivity contribution in [2.24, 2.45) is 29.1 Å². The van der Waals surface area contributed by atoms with Gasteiger partial charge in [-0.2, -0.15) is 0 Å². The predicted octanol–water partition coefficient (Wildman–Crippen LogP) is 14.3. The normalized spacial score (nSPS) is 22.7. The van der Waals surface area contributed by atoms with Crippen molar-refractivity contribution in [1.29, 1.82) is 0 Å². The molecule has 4 unspecified atom stereocenters. The lowest BCUT2D eigenvalue weighted by atomic mass is 9.69. The summed E-state index contributed by atoms with van der Waals surface area (Å²) in [6, 6.07) is 31.8. The van der Waals surface area contributed by atoms with Gasteiger partial charge in [0.05, 0.1) is 16.1 Å². The van der Waals surface area contributed by atoms with Crippen LogP contribution in [0.15, 0.2) is 97.1 Å². The first-order valence-electron chi connectivity index (χ1n) is 21.0. The summed E-state index contributed by atoms with van der Waals surface area (Å²) in [6.07, 6.45) is 10.4. The van der Waals surface area contributed by atoms with Crippen LogP contribution in [0.5, 0.6) is 0 Å². The van der Waals surface area contributed by atoms with E-state index in [1.807, 2.05) is 0 Å². The fourth-order valence-electron chi connectivity index (χ4n) is 12.2. The van der Waals surface area contributed by atoms with Crippen molar-refractivity contribution in [3.05, 3.63) is 103 Å². The quantitative estimate of drug-likeness (QED) is 0.110. The molecule has 2 saturated carbocycles. The highest BCUT2D eigenvalue weighted by Crippen LogP contribution is 2.67. The maximum Gasteiger partial charge on any atom is 0.0887 e. The second kappa shape index (κ2) is 12.9. The third kappa shape index (κ3) is 5.24. The summed E-state index contributed by atoms with van der Waals surface area (Å²) in [5.41, 5.74) is 8.96. The number of rotatable bonds is 8. The summed E-state index contributed by atoms with van der Waals surface area (Å²) in [7, 11) is -3.66. The lowest BCUT2D eigenvalue weighted by Gasteiger charge is -2.38. The average Bonchev–Trinajstić information content (AvgIpc) is 3.56. The zero-order chi connectivity index (χ0) is 37.8. The molecule has 53 heavy (non-hydrogen) atoms. The molecule has 3 aliphatic carbocycles. The minimum atomic E-state index is -1.83. The van der Waals surface area contributed by atoms with Crippen LogP contribution in [0.25, 0.3) is 49.0 Å². The van der Waals surface area contributed by atoms with E-state index in [2.05, 4.69) is 179 Å². The molecule has 3 aliphatic rings. The summed E-state index contributed by atoms with van der Waals surface area (Å²) >= 11 is 0. The van der Waals surface area contributed by atoms with Crippen molar-refractivity contribution in [3.63, 3.8) is 0 Å². The van der Waals surface area contributed by atoms with E-state index in [-0.39, 0.29) is 0 Å². The fraction of sp³-hybridized carbons (Fsp3) is 0.451. The SMILES string of the molecule is CC(C)[Si](C)(c1ccc2c(-c3cccc4ccccc34)c3cc([Si](C)(C(C)C)C(C)C)ccc3c(C3=CC=CC4C3C3CCC4C3(C)C)c2c1)C(C)C. The lowest BCUT2D eigenvalue weighted by molar-refractivity contribution is 0.246. The Kier molecular flexibility index (Phi) is 8.98. The van der Waals surface area contributed by atoms with Gasteiger partial charge in [0.2, 0.25) is 0 Å². The van der Waals surface area contributed by atoms with Gasteiger partial charge in [-0.05, 0) is 119 Å². The van der Waals surface area contributed by atoms with E-state index in [0.717, 1.165) is 11.8 Å². The number of fused-ring (bicyclic) bond motifs is 8. The van der Waals surface area contributed by atoms with Gasteiger partial charge in [0, 0.05) is 0 Å². The molecular formula is C51H64Si2. The van der Waals surface area contributed by atoms with E-state index in [4.69, 9.17) is 0 Å². The van der Waals surface area contributed by atoms with E-state index >= 15 is 0 Å². The van der Waals surface area contributed by atoms with Crippen molar-refractivity contribution in [2.45, 2.75) is 117 Å². The molecule has 5 aromatic rings. The minimum Gasteiger partial charge on any atom is -0.0805 e. The third-order valence-corrected chi connectivity index (χ3v) is 29.2. The molecule has 2 heteroatoms. The van der Waals surface area contributed by atoms with Crippen LogP contribution in [0.4, 0.5) is 0 Å². The summed E-state index contributed by atoms with van der Waals surface area (Å²) in [5.74, 6) is 2.71. The van der Waals surface area contributed by atoms with Crippen LogP contribution in [0, 0.1) is 29.1 Å². The smallest absolute Gasteiger partial charge is 0.0805 e. The minimum absolute atomic E-state index is 0.374. The average molecular weight is 733 g/mol. The highest BCUT2D eigenvalue weighted by atomic mass is 28.3. The van der Waals surface area contributed by atoms with Crippen molar-refractivity contribution >= 4 is 64.4 Å². The van der Waals surface area contributed by atoms with Crippen molar-refractivity contribution in [1.82, 2.24) is 0 Å². The number of allylic oxidation sites excluding steroid dienone is 4. The molecule has 2 fully saturated rings. The Balaban J connectivity index is 1.55. The first kappa shape index (κ1) is 36.8. The fourth-order valence-corrected chi connectivity index (χ4v) is 19.3. The van der Waals surface area contributed by atoms with Gasteiger partial charge in [-0.25, -0.2) is 0 Å². The zero-order valence-corrected chi connectivity index (χ0v) is 36.8. The molecule has 0 N–H and O–H groups in total. The van der Waals surface area contributed by atoms with Gasteiger partial charge in [-0.3, -0.25) is 0 Å². The Bertz CT molecular complexity index is 2270. The zero-order valence-electron chi connectivity index (χ0n) is 34.8. The van der Waals surface area contributed by atoms with Gasteiger partial charge < -0.3 is 0 Å². The van der Waals surface area contributed by atoms with Gasteiger partial charge in [-0.1, -0.05) is 190 Å². The van der Waals surface area contributed by atoms with Crippen LogP contribution in [0.3, 0.4) is 0 Å². The highest BCUT2D eigenvalue weighted by Gasteiger charge is 2.59. The van der Waals surface area contributed by atoms with Crippen LogP contribution >= 0.6 is 0 Å². The Morgan fingerprint density at radius 2 is 1.09 bits per heavy atom. The molecule has 0 heterocycles. The number of hydrogen-bond donors (Lipinski definition) is 0. The van der Waals surface area contributed by atoms with Crippen LogP contribution in [0.2, 0.25) is 35.3 Å². The molecular weight excluding hydrogens is 669 g/mol. The largest absolute Gasteiger partial charge is 0.0887 e. The Hall–Kier alpha value is -3.21. The first-order chi connectivity index (χ1) is 25.1. The molecule has 8 rings (SSSR count). The van der Waals surface area contributed by atoms with E-state index in [1.165, 1.54) is 61.8 Å². The van der Waals surface area contributed by atoms with Crippen molar-refractivity contribution in [3.8, 4) is 11.1 Å². The topological polar surface area (TPSA) is 0 Å². The standard InChI is InChI=1S/C51H64Si2/c1-31(2)52(11,32(3)4)36-24-26-41-44(29-36)48(39-20-15-18-35-17-13-14-19-38(35)39)40-25-23-37(53(12,33(5)6)34(7)8)30-45(40)49(41)43-22-16-21-42-46-27-28-47(50(42)43)51(46,9)10/h13-26,29-34,42,46-47,50H,27-28H2,1-12H3. The summed E-state index contributed by atoms with van der Waals surface area (Å²) in [5, 5.41) is 11.7. The third-order valence-electron chi connectivity index (χ3n) is 16.5. The summed E-state index contributed by atoms with van der Waals surface area (Å²) in [4.78, 5) is 0. The second-order valence-corrected chi connectivity index (χ2v) is 30.6. The Labute approximate surface area is 323 Å². The van der Waals surface area contributed by atoms with Crippen LogP contribution in [-0.4, -0.2) is 16.1 Å². The Morgan fingerprint density at radius 3 is 1.70 bits per heavy atom. The van der Waals surface area contributed by atoms with Crippen molar-refractivity contribution < 1.29 is 0 Å². The van der Waals surface area contributed by atoms with Gasteiger partial charge in [0.1, 0.15) is 0 Å². The highest BCUT2D eigenvalue weighted by molar-refractivity contribution is 6.93. The van der Waals surface area contributed by atoms with Gasteiger partial charge in [-0.15, -0.1) is 0 Å². The van der Waals surface area contributed by atoms with E-state index < -0.39 is 16.1 Å². The van der Waals surface area contributed by atoms with E-state index in [0.29, 0.717) is 39.4 Å². The number of benzene rings is 5. The maximum atomic E-state index is 2.73. The van der Waals surface area contributed by atoms with Crippen LogP contribution in [-0.2, 0) is 0 Å². The van der Waals surface area contributed by atoms with Crippen LogP contribution < -0.4 is 10.4 Å². The number of hydrogen-bond acceptors (Lipinski definition) is 0. The second-order valence-electron chi connectivity index (χ2n) is 19.7. The lowest BCUT2D eigenvalue weighted by Crippen LogP contribution is -2.50. The maximum absolute atomic E-state index is 2.73. The van der Waals surface area contributed by atoms with Gasteiger partial charge in [0.15, 0.2) is 0 Å².